The van der Waals surface area contributed by atoms with E-state index in [0.29, 0.717) is 6.07 Å². The third-order valence-corrected chi connectivity index (χ3v) is 2.56. The fourth-order valence-corrected chi connectivity index (χ4v) is 1.45. The smallest absolute Gasteiger partial charge is 0.417 e. The molecule has 1 aromatic rings. The first-order chi connectivity index (χ1) is 7.03. The fraction of sp³-hybridized carbons (Fsp3) is 0.250. The van der Waals surface area contributed by atoms with Gasteiger partial charge in [0.1, 0.15) is 0 Å². The lowest BCUT2D eigenvalue weighted by Gasteiger charge is -2.18. The number of hydrogen-bond donors (Lipinski definition) is 0. The van der Waals surface area contributed by atoms with Crippen molar-refractivity contribution in [3.05, 3.63) is 33.5 Å². The number of rotatable bonds is 0. The normalized spacial score (nSPS) is 12.9. The van der Waals surface area contributed by atoms with Gasteiger partial charge in [-0.3, -0.25) is 0 Å². The Morgan fingerprint density at radius 2 is 1.44 bits per heavy atom. The third kappa shape index (κ3) is 2.60. The molecule has 1 nitrogen and oxygen atoms in total. The molecule has 0 unspecified atom stereocenters. The topological polar surface area (TPSA) is 23.8 Å². The molecule has 0 saturated carbocycles. The summed E-state index contributed by atoms with van der Waals surface area (Å²) < 4.78 is 72.9. The van der Waals surface area contributed by atoms with E-state index in [1.54, 1.807) is 0 Å². The van der Waals surface area contributed by atoms with Crippen molar-refractivity contribution in [2.24, 2.45) is 0 Å². The zero-order chi connectivity index (χ0) is 12.7. The molecule has 0 aliphatic heterocycles. The molecule has 1 N–H and O–H groups in total. The van der Waals surface area contributed by atoms with Crippen LogP contribution >= 0.6 is 15.9 Å². The molecular formula is C8H3BrF6N-. The summed E-state index contributed by atoms with van der Waals surface area (Å²) in [5.74, 6) is 0. The number of hydrogen-bond acceptors (Lipinski definition) is 0. The summed E-state index contributed by atoms with van der Waals surface area (Å²) >= 11 is 2.44. The summed E-state index contributed by atoms with van der Waals surface area (Å²) in [5.41, 5.74) is 3.16. The summed E-state index contributed by atoms with van der Waals surface area (Å²) in [7, 11) is 0. The lowest BCUT2D eigenvalue weighted by Crippen LogP contribution is -2.11. The molecule has 0 bridgehead atoms. The molecule has 0 aromatic heterocycles. The molecule has 0 heterocycles. The van der Waals surface area contributed by atoms with E-state index in [0.717, 1.165) is 0 Å². The fourth-order valence-electron chi connectivity index (χ4n) is 0.994. The molecule has 90 valence electrons. The Balaban J connectivity index is 3.46. The third-order valence-electron chi connectivity index (χ3n) is 1.71. The van der Waals surface area contributed by atoms with Crippen molar-refractivity contribution in [2.75, 3.05) is 0 Å². The minimum absolute atomic E-state index is 0.0257. The highest BCUT2D eigenvalue weighted by Gasteiger charge is 2.37. The Kier molecular flexibility index (Phi) is 3.15. The van der Waals surface area contributed by atoms with Gasteiger partial charge in [0.05, 0.1) is 11.1 Å². The van der Waals surface area contributed by atoms with E-state index in [2.05, 4.69) is 15.9 Å². The first-order valence-corrected chi connectivity index (χ1v) is 4.52. The van der Waals surface area contributed by atoms with Crippen molar-refractivity contribution in [3.63, 3.8) is 0 Å². The highest BCUT2D eigenvalue weighted by Crippen LogP contribution is 2.43. The molecule has 1 rings (SSSR count). The molecule has 0 amide bonds. The van der Waals surface area contributed by atoms with Crippen molar-refractivity contribution >= 4 is 21.6 Å². The maximum Gasteiger partial charge on any atom is 0.417 e. The summed E-state index contributed by atoms with van der Waals surface area (Å²) in [6.45, 7) is 0. The molecule has 16 heavy (non-hydrogen) atoms. The number of nitrogens with one attached hydrogen (secondary N) is 1. The average Bonchev–Trinajstić information content (AvgIpc) is 2.05. The standard InChI is InChI=1S/C8H3BrF6N/c9-6-4(8(13,14)15)1-3(2-5(6)16)7(10,11)12/h1-2,16H/q-1. The van der Waals surface area contributed by atoms with E-state index in [1.807, 2.05) is 0 Å². The predicted octanol–water partition coefficient (Wildman–Crippen LogP) is 5.17. The van der Waals surface area contributed by atoms with Crippen molar-refractivity contribution in [1.82, 2.24) is 0 Å². The summed E-state index contributed by atoms with van der Waals surface area (Å²) in [6.07, 6.45) is -9.84. The van der Waals surface area contributed by atoms with Crippen LogP contribution in [-0.2, 0) is 12.4 Å². The second-order valence-corrected chi connectivity index (χ2v) is 3.67. The van der Waals surface area contributed by atoms with Gasteiger partial charge < -0.3 is 5.73 Å². The zero-order valence-electron chi connectivity index (χ0n) is 7.30. The SMILES string of the molecule is [NH-]c1cc(C(F)(F)F)cc(C(F)(F)F)c1Br. The molecule has 0 spiro atoms. The molecule has 0 saturated heterocycles. The molecule has 0 fully saturated rings. The van der Waals surface area contributed by atoms with Gasteiger partial charge in [-0.2, -0.15) is 26.3 Å². The van der Waals surface area contributed by atoms with Crippen LogP contribution in [0.3, 0.4) is 0 Å². The Morgan fingerprint density at radius 1 is 0.938 bits per heavy atom. The summed E-state index contributed by atoms with van der Waals surface area (Å²) in [4.78, 5) is 0. The predicted molar refractivity (Wildman–Crippen MR) is 48.1 cm³/mol. The monoisotopic (exact) mass is 306 g/mol. The van der Waals surface area contributed by atoms with E-state index < -0.39 is 33.6 Å². The van der Waals surface area contributed by atoms with Crippen LogP contribution in [0.5, 0.6) is 0 Å². The van der Waals surface area contributed by atoms with Gasteiger partial charge in [0.2, 0.25) is 0 Å². The van der Waals surface area contributed by atoms with Crippen LogP contribution in [0.1, 0.15) is 11.1 Å². The summed E-state index contributed by atoms with van der Waals surface area (Å²) in [6, 6.07) is 0.307. The Morgan fingerprint density at radius 3 is 1.81 bits per heavy atom. The van der Waals surface area contributed by atoms with E-state index in [-0.39, 0.29) is 6.07 Å². The van der Waals surface area contributed by atoms with Crippen LogP contribution in [-0.4, -0.2) is 0 Å². The molecule has 0 radical (unpaired) electrons. The molecular weight excluding hydrogens is 304 g/mol. The van der Waals surface area contributed by atoms with E-state index in [9.17, 15) is 26.3 Å². The number of benzene rings is 1. The van der Waals surface area contributed by atoms with Gasteiger partial charge in [0, 0.05) is 4.47 Å². The highest BCUT2D eigenvalue weighted by atomic mass is 79.9. The van der Waals surface area contributed by atoms with Crippen molar-refractivity contribution in [2.45, 2.75) is 12.4 Å². The molecule has 0 aliphatic carbocycles. The van der Waals surface area contributed by atoms with Crippen LogP contribution in [0.25, 0.3) is 5.73 Å². The second kappa shape index (κ2) is 3.83. The van der Waals surface area contributed by atoms with Gasteiger partial charge >= 0.3 is 12.4 Å². The number of alkyl halides is 6. The molecule has 1 aromatic carbocycles. The second-order valence-electron chi connectivity index (χ2n) is 2.88. The van der Waals surface area contributed by atoms with Gasteiger partial charge in [-0.05, 0) is 6.07 Å². The first-order valence-electron chi connectivity index (χ1n) is 3.73. The lowest BCUT2D eigenvalue weighted by molar-refractivity contribution is -0.143. The quantitative estimate of drug-likeness (QED) is 0.590. The van der Waals surface area contributed by atoms with Gasteiger partial charge in [-0.1, -0.05) is 22.0 Å². The van der Waals surface area contributed by atoms with Gasteiger partial charge in [-0.25, -0.2) is 0 Å². The lowest BCUT2D eigenvalue weighted by atomic mass is 10.1. The Bertz CT molecular complexity index is 408. The van der Waals surface area contributed by atoms with Crippen LogP contribution < -0.4 is 0 Å². The molecule has 0 atom stereocenters. The minimum Gasteiger partial charge on any atom is -0.698 e. The van der Waals surface area contributed by atoms with Crippen LogP contribution in [0, 0.1) is 0 Å². The average molecular weight is 307 g/mol. The number of halogens is 7. The Labute approximate surface area is 94.4 Å². The van der Waals surface area contributed by atoms with E-state index in [4.69, 9.17) is 5.73 Å². The molecule has 0 aliphatic rings. The van der Waals surface area contributed by atoms with Crippen LogP contribution in [0.15, 0.2) is 16.6 Å². The van der Waals surface area contributed by atoms with Gasteiger partial charge in [0.25, 0.3) is 0 Å². The van der Waals surface area contributed by atoms with E-state index in [1.165, 1.54) is 0 Å². The molecule has 8 heteroatoms. The zero-order valence-corrected chi connectivity index (χ0v) is 8.89. The van der Waals surface area contributed by atoms with Gasteiger partial charge in [-0.15, -0.1) is 5.69 Å². The van der Waals surface area contributed by atoms with E-state index >= 15 is 0 Å². The van der Waals surface area contributed by atoms with Gasteiger partial charge in [0.15, 0.2) is 0 Å². The first kappa shape index (κ1) is 13.1. The van der Waals surface area contributed by atoms with Crippen LogP contribution in [0.2, 0.25) is 0 Å². The maximum atomic E-state index is 12.3. The van der Waals surface area contributed by atoms with Crippen molar-refractivity contribution in [1.29, 1.82) is 0 Å². The Hall–Kier alpha value is -0.920. The largest absolute Gasteiger partial charge is 0.698 e. The van der Waals surface area contributed by atoms with Crippen LogP contribution in [0.4, 0.5) is 32.0 Å². The van der Waals surface area contributed by atoms with Crippen molar-refractivity contribution in [3.8, 4) is 0 Å². The van der Waals surface area contributed by atoms with Crippen molar-refractivity contribution < 1.29 is 26.3 Å². The minimum atomic E-state index is -4.93. The summed E-state index contributed by atoms with van der Waals surface area (Å²) in [5, 5.41) is 0. The maximum absolute atomic E-state index is 12.3. The highest BCUT2D eigenvalue weighted by molar-refractivity contribution is 9.10.